The lowest BCUT2D eigenvalue weighted by molar-refractivity contribution is -0.137. The van der Waals surface area contributed by atoms with Crippen molar-refractivity contribution in [1.82, 2.24) is 24.6 Å². The lowest BCUT2D eigenvalue weighted by Gasteiger charge is -2.28. The summed E-state index contributed by atoms with van der Waals surface area (Å²) in [5.74, 6) is 0.0325. The number of rotatable bonds is 2. The first kappa shape index (κ1) is 17.2. The molecule has 0 radical (unpaired) electrons. The Balaban J connectivity index is 1.66. The van der Waals surface area contributed by atoms with E-state index in [1.165, 1.54) is 11.0 Å². The van der Waals surface area contributed by atoms with Crippen molar-refractivity contribution in [2.24, 2.45) is 0 Å². The normalized spacial score (nSPS) is 17.2. The van der Waals surface area contributed by atoms with E-state index in [4.69, 9.17) is 13.0 Å². The Bertz CT molecular complexity index is 1070. The van der Waals surface area contributed by atoms with E-state index in [2.05, 4.69) is 15.2 Å². The van der Waals surface area contributed by atoms with Crippen molar-refractivity contribution in [3.8, 4) is 11.5 Å². The summed E-state index contributed by atoms with van der Waals surface area (Å²) in [6.07, 6.45) is -3.09. The van der Waals surface area contributed by atoms with Crippen molar-refractivity contribution < 1.29 is 19.3 Å². The van der Waals surface area contributed by atoms with E-state index in [0.717, 1.165) is 12.1 Å². The van der Waals surface area contributed by atoms with E-state index in [9.17, 15) is 18.0 Å². The highest BCUT2D eigenvalue weighted by Crippen LogP contribution is 2.36. The fraction of sp³-hybridized carbons (Fsp3) is 0.222. The SMILES string of the molecule is [2H]C1CN(C(=O)c2cccc(C(F)(F)F)c2Cl)Cc2nnc(-c3ccccn3)n21. The summed E-state index contributed by atoms with van der Waals surface area (Å²) in [5.41, 5.74) is -0.819. The Hall–Kier alpha value is -2.94. The van der Waals surface area contributed by atoms with Crippen LogP contribution in [0.15, 0.2) is 42.6 Å². The molecule has 0 saturated carbocycles. The number of nitrogens with zero attached hydrogens (tertiary/aromatic N) is 5. The van der Waals surface area contributed by atoms with Crippen LogP contribution in [0, 0.1) is 0 Å². The highest BCUT2D eigenvalue weighted by atomic mass is 35.5. The van der Waals surface area contributed by atoms with Gasteiger partial charge in [-0.3, -0.25) is 9.78 Å². The van der Waals surface area contributed by atoms with Gasteiger partial charge in [0.05, 0.1) is 24.1 Å². The van der Waals surface area contributed by atoms with Crippen LogP contribution in [0.25, 0.3) is 11.5 Å². The van der Waals surface area contributed by atoms with Gasteiger partial charge in [0, 0.05) is 19.3 Å². The second-order valence-corrected chi connectivity index (χ2v) is 6.44. The minimum atomic E-state index is -4.68. The number of carbonyl (C=O) groups excluding carboxylic acids is 1. The number of pyridine rings is 1. The molecule has 0 N–H and O–H groups in total. The maximum atomic E-state index is 13.1. The van der Waals surface area contributed by atoms with E-state index in [1.807, 2.05) is 0 Å². The summed E-state index contributed by atoms with van der Waals surface area (Å²) in [6.45, 7) is -1.02. The molecule has 6 nitrogen and oxygen atoms in total. The molecule has 1 aliphatic rings. The molecular weight excluding hydrogens is 395 g/mol. The van der Waals surface area contributed by atoms with Crippen molar-refractivity contribution >= 4 is 17.5 Å². The van der Waals surface area contributed by atoms with Gasteiger partial charge in [-0.15, -0.1) is 10.2 Å². The Labute approximate surface area is 164 Å². The minimum Gasteiger partial charge on any atom is -0.329 e. The largest absolute Gasteiger partial charge is 0.417 e. The molecule has 0 fully saturated rings. The van der Waals surface area contributed by atoms with Crippen LogP contribution in [0.2, 0.25) is 5.02 Å². The van der Waals surface area contributed by atoms with Crippen LogP contribution in [-0.4, -0.2) is 37.1 Å². The van der Waals surface area contributed by atoms with Gasteiger partial charge in [-0.2, -0.15) is 13.2 Å². The minimum absolute atomic E-state index is 0.0133. The molecular formula is C18H13ClF3N5O. The molecule has 1 unspecified atom stereocenters. The number of alkyl halides is 3. The summed E-state index contributed by atoms with van der Waals surface area (Å²) < 4.78 is 49.2. The second-order valence-electron chi connectivity index (χ2n) is 6.06. The molecule has 0 saturated heterocycles. The smallest absolute Gasteiger partial charge is 0.329 e. The maximum absolute atomic E-state index is 13.1. The van der Waals surface area contributed by atoms with Gasteiger partial charge in [-0.1, -0.05) is 23.7 Å². The summed E-state index contributed by atoms with van der Waals surface area (Å²) in [6, 6.07) is 8.43. The van der Waals surface area contributed by atoms with Crippen molar-refractivity contribution in [3.63, 3.8) is 0 Å². The van der Waals surface area contributed by atoms with Crippen LogP contribution in [0.3, 0.4) is 0 Å². The first-order chi connectivity index (χ1) is 13.8. The van der Waals surface area contributed by atoms with Gasteiger partial charge in [-0.25, -0.2) is 0 Å². The molecule has 1 atom stereocenters. The number of halogens is 4. The topological polar surface area (TPSA) is 63.9 Å². The van der Waals surface area contributed by atoms with Crippen LogP contribution in [0.4, 0.5) is 13.2 Å². The van der Waals surface area contributed by atoms with Crippen molar-refractivity contribution in [2.45, 2.75) is 19.2 Å². The predicted octanol–water partition coefficient (Wildman–Crippen LogP) is 3.67. The van der Waals surface area contributed by atoms with E-state index < -0.39 is 29.2 Å². The highest BCUT2D eigenvalue weighted by molar-refractivity contribution is 6.34. The van der Waals surface area contributed by atoms with Crippen LogP contribution >= 0.6 is 11.6 Å². The number of amides is 1. The molecule has 144 valence electrons. The Kier molecular flexibility index (Phi) is 4.23. The third-order valence-corrected chi connectivity index (χ3v) is 4.71. The maximum Gasteiger partial charge on any atom is 0.417 e. The first-order valence-electron chi connectivity index (χ1n) is 8.77. The number of fused-ring (bicyclic) bond motifs is 1. The van der Waals surface area contributed by atoms with Gasteiger partial charge in [0.25, 0.3) is 5.91 Å². The van der Waals surface area contributed by atoms with Crippen LogP contribution < -0.4 is 0 Å². The van der Waals surface area contributed by atoms with Gasteiger partial charge < -0.3 is 9.47 Å². The summed E-state index contributed by atoms with van der Waals surface area (Å²) in [5, 5.41) is 7.44. The quantitative estimate of drug-likeness (QED) is 0.649. The monoisotopic (exact) mass is 408 g/mol. The molecule has 0 aliphatic carbocycles. The van der Waals surface area contributed by atoms with E-state index in [0.29, 0.717) is 17.3 Å². The molecule has 28 heavy (non-hydrogen) atoms. The summed E-state index contributed by atoms with van der Waals surface area (Å²) >= 11 is 5.87. The highest BCUT2D eigenvalue weighted by Gasteiger charge is 2.36. The van der Waals surface area contributed by atoms with E-state index >= 15 is 0 Å². The molecule has 1 aromatic carbocycles. The molecule has 4 rings (SSSR count). The van der Waals surface area contributed by atoms with Gasteiger partial charge in [0.1, 0.15) is 5.69 Å². The number of hydrogen-bond acceptors (Lipinski definition) is 4. The zero-order valence-corrected chi connectivity index (χ0v) is 14.9. The van der Waals surface area contributed by atoms with Crippen molar-refractivity contribution in [3.05, 3.63) is 64.6 Å². The molecule has 0 bridgehead atoms. The molecule has 0 spiro atoms. The molecule has 1 amide bonds. The summed E-state index contributed by atoms with van der Waals surface area (Å²) in [7, 11) is 0. The average molecular weight is 409 g/mol. The Morgan fingerprint density at radius 1 is 1.18 bits per heavy atom. The van der Waals surface area contributed by atoms with Gasteiger partial charge in [0.2, 0.25) is 0 Å². The number of aromatic nitrogens is 4. The summed E-state index contributed by atoms with van der Waals surface area (Å²) in [4.78, 5) is 18.3. The zero-order valence-electron chi connectivity index (χ0n) is 15.2. The third kappa shape index (κ3) is 3.22. The second kappa shape index (κ2) is 6.90. The third-order valence-electron chi connectivity index (χ3n) is 4.30. The fourth-order valence-electron chi connectivity index (χ4n) is 2.95. The standard InChI is InChI=1S/C18H13ClF3N5O/c19-15-11(4-3-5-12(15)18(20,21)22)17(28)26-8-9-27-14(10-26)24-25-16(27)13-6-1-2-7-23-13/h1-7H,8-10H2/i9D. The number of benzene rings is 1. The van der Waals surface area contributed by atoms with Crippen molar-refractivity contribution in [1.29, 1.82) is 0 Å². The average Bonchev–Trinajstić information content (AvgIpc) is 3.12. The Morgan fingerprint density at radius 3 is 2.71 bits per heavy atom. The zero-order chi connectivity index (χ0) is 20.8. The molecule has 10 heteroatoms. The van der Waals surface area contributed by atoms with E-state index in [1.54, 1.807) is 29.0 Å². The van der Waals surface area contributed by atoms with Gasteiger partial charge >= 0.3 is 6.18 Å². The van der Waals surface area contributed by atoms with Crippen LogP contribution in [0.1, 0.15) is 23.1 Å². The first-order valence-corrected chi connectivity index (χ1v) is 8.57. The number of carbonyl (C=O) groups is 1. The molecule has 3 heterocycles. The lowest BCUT2D eigenvalue weighted by atomic mass is 10.1. The molecule has 3 aromatic rings. The lowest BCUT2D eigenvalue weighted by Crippen LogP contribution is -2.38. The number of hydrogen-bond donors (Lipinski definition) is 0. The predicted molar refractivity (Wildman–Crippen MR) is 94.4 cm³/mol. The fourth-order valence-corrected chi connectivity index (χ4v) is 3.26. The molecule has 2 aromatic heterocycles. The van der Waals surface area contributed by atoms with Crippen molar-refractivity contribution in [2.75, 3.05) is 6.54 Å². The van der Waals surface area contributed by atoms with Gasteiger partial charge in [0.15, 0.2) is 11.6 Å². The molecule has 1 aliphatic heterocycles. The Morgan fingerprint density at radius 2 is 2.00 bits per heavy atom. The van der Waals surface area contributed by atoms with Gasteiger partial charge in [-0.05, 0) is 24.3 Å². The van der Waals surface area contributed by atoms with E-state index in [-0.39, 0.29) is 18.7 Å². The van der Waals surface area contributed by atoms with Crippen LogP contribution in [-0.2, 0) is 19.2 Å². The van der Waals surface area contributed by atoms with Crippen LogP contribution in [0.5, 0.6) is 0 Å².